The third-order valence-electron chi connectivity index (χ3n) is 3.44. The Hall–Kier alpha value is -2.93. The van der Waals surface area contributed by atoms with Crippen LogP contribution in [0.2, 0.25) is 0 Å². The fourth-order valence-corrected chi connectivity index (χ4v) is 2.80. The molecule has 0 aliphatic rings. The highest BCUT2D eigenvalue weighted by molar-refractivity contribution is 7.09. The molecule has 1 amide bonds. The Kier molecular flexibility index (Phi) is 4.72. The summed E-state index contributed by atoms with van der Waals surface area (Å²) in [5, 5.41) is 6.67. The highest BCUT2D eigenvalue weighted by Gasteiger charge is 2.18. The van der Waals surface area contributed by atoms with Gasteiger partial charge < -0.3 is 14.8 Å². The van der Waals surface area contributed by atoms with Crippen LogP contribution in [-0.4, -0.2) is 29.7 Å². The van der Waals surface area contributed by atoms with Crippen LogP contribution < -0.4 is 14.8 Å². The van der Waals surface area contributed by atoms with Gasteiger partial charge in [0.1, 0.15) is 17.1 Å². The molecule has 0 bridgehead atoms. The first kappa shape index (κ1) is 15.9. The van der Waals surface area contributed by atoms with Crippen LogP contribution in [0.3, 0.4) is 0 Å². The predicted molar refractivity (Wildman–Crippen MR) is 92.8 cm³/mol. The van der Waals surface area contributed by atoms with Crippen LogP contribution in [0.5, 0.6) is 11.5 Å². The zero-order valence-electron chi connectivity index (χ0n) is 13.1. The Morgan fingerprint density at radius 3 is 2.25 bits per heavy atom. The van der Waals surface area contributed by atoms with Crippen molar-refractivity contribution in [3.05, 3.63) is 54.2 Å². The molecule has 7 heteroatoms. The van der Waals surface area contributed by atoms with Gasteiger partial charge in [-0.2, -0.15) is 0 Å². The number of carbonyl (C=O) groups excluding carboxylic acids is 1. The van der Waals surface area contributed by atoms with E-state index in [2.05, 4.69) is 14.9 Å². The molecular formula is C17H15N3O3S. The summed E-state index contributed by atoms with van der Waals surface area (Å²) < 4.78 is 14.4. The van der Waals surface area contributed by atoms with Gasteiger partial charge in [-0.05, 0) is 41.4 Å². The fourth-order valence-electron chi connectivity index (χ4n) is 2.28. The molecule has 0 aliphatic heterocycles. The molecule has 0 saturated carbocycles. The first-order valence-corrected chi connectivity index (χ1v) is 7.90. The molecular weight excluding hydrogens is 326 g/mol. The Morgan fingerprint density at radius 2 is 1.71 bits per heavy atom. The molecule has 0 spiro atoms. The molecule has 0 fully saturated rings. The van der Waals surface area contributed by atoms with Crippen molar-refractivity contribution in [2.24, 2.45) is 0 Å². The van der Waals surface area contributed by atoms with Crippen LogP contribution in [0.1, 0.15) is 10.4 Å². The third-order valence-corrected chi connectivity index (χ3v) is 4.16. The number of methoxy groups -OCH3 is 2. The van der Waals surface area contributed by atoms with Crippen molar-refractivity contribution >= 4 is 23.1 Å². The molecule has 0 aliphatic carbocycles. The molecule has 0 atom stereocenters. The average molecular weight is 341 g/mol. The minimum atomic E-state index is -0.295. The minimum Gasteiger partial charge on any atom is -0.496 e. The van der Waals surface area contributed by atoms with Crippen molar-refractivity contribution in [2.45, 2.75) is 0 Å². The number of aromatic nitrogens is 2. The summed E-state index contributed by atoms with van der Waals surface area (Å²) in [5.74, 6) is 0.620. The Bertz CT molecular complexity index is 811. The van der Waals surface area contributed by atoms with Crippen molar-refractivity contribution < 1.29 is 14.3 Å². The van der Waals surface area contributed by atoms with Gasteiger partial charge in [-0.1, -0.05) is 22.7 Å². The maximum atomic E-state index is 12.6. The zero-order chi connectivity index (χ0) is 16.9. The maximum absolute atomic E-state index is 12.6. The summed E-state index contributed by atoms with van der Waals surface area (Å²) in [6.07, 6.45) is 1.71. The maximum Gasteiger partial charge on any atom is 0.263 e. The third kappa shape index (κ3) is 3.21. The van der Waals surface area contributed by atoms with Crippen molar-refractivity contribution in [3.63, 3.8) is 0 Å². The molecule has 24 heavy (non-hydrogen) atoms. The first-order valence-electron chi connectivity index (χ1n) is 7.13. The van der Waals surface area contributed by atoms with E-state index in [1.54, 1.807) is 24.4 Å². The van der Waals surface area contributed by atoms with Crippen molar-refractivity contribution in [3.8, 4) is 21.9 Å². The molecule has 1 heterocycles. The molecule has 2 aromatic carbocycles. The molecule has 3 rings (SSSR count). The van der Waals surface area contributed by atoms with Crippen LogP contribution in [0.25, 0.3) is 10.4 Å². The summed E-state index contributed by atoms with van der Waals surface area (Å²) in [6, 6.07) is 12.7. The molecule has 0 radical (unpaired) electrons. The van der Waals surface area contributed by atoms with Gasteiger partial charge in [-0.3, -0.25) is 4.79 Å². The number of amides is 1. The van der Waals surface area contributed by atoms with E-state index in [1.807, 2.05) is 24.3 Å². The van der Waals surface area contributed by atoms with E-state index in [0.29, 0.717) is 22.7 Å². The van der Waals surface area contributed by atoms with Gasteiger partial charge in [0.25, 0.3) is 5.91 Å². The Labute approximate surface area is 143 Å². The Morgan fingerprint density at radius 1 is 1.04 bits per heavy atom. The molecule has 1 aromatic heterocycles. The van der Waals surface area contributed by atoms with Crippen LogP contribution in [-0.2, 0) is 0 Å². The second kappa shape index (κ2) is 7.10. The highest BCUT2D eigenvalue weighted by atomic mass is 32.1. The van der Waals surface area contributed by atoms with E-state index in [1.165, 1.54) is 25.8 Å². The van der Waals surface area contributed by atoms with E-state index in [-0.39, 0.29) is 5.91 Å². The summed E-state index contributed by atoms with van der Waals surface area (Å²) in [6.45, 7) is 0. The first-order chi connectivity index (χ1) is 11.7. The number of nitrogens with zero attached hydrogens (tertiary/aromatic N) is 2. The second-order valence-electron chi connectivity index (χ2n) is 4.85. The zero-order valence-corrected chi connectivity index (χ0v) is 14.0. The molecule has 0 unspecified atom stereocenters. The molecule has 6 nitrogen and oxygen atoms in total. The van der Waals surface area contributed by atoms with Gasteiger partial charge >= 0.3 is 0 Å². The van der Waals surface area contributed by atoms with Crippen LogP contribution >= 0.6 is 11.5 Å². The van der Waals surface area contributed by atoms with Crippen LogP contribution in [0, 0.1) is 0 Å². The average Bonchev–Trinajstić information content (AvgIpc) is 3.16. The standard InChI is InChI=1S/C17H15N3O3S/c1-22-13-4-3-5-14(23-2)16(13)17(21)19-12-8-6-11(7-9-12)15-10-18-20-24-15/h3-10H,1-2H3,(H,19,21). The summed E-state index contributed by atoms with van der Waals surface area (Å²) in [7, 11) is 3.03. The summed E-state index contributed by atoms with van der Waals surface area (Å²) in [5.41, 5.74) is 2.03. The van der Waals surface area contributed by atoms with E-state index in [9.17, 15) is 4.79 Å². The minimum absolute atomic E-state index is 0.295. The van der Waals surface area contributed by atoms with Crippen molar-refractivity contribution in [1.82, 2.24) is 9.59 Å². The quantitative estimate of drug-likeness (QED) is 0.769. The van der Waals surface area contributed by atoms with Gasteiger partial charge in [0.2, 0.25) is 0 Å². The number of anilines is 1. The molecule has 0 saturated heterocycles. The van der Waals surface area contributed by atoms with Crippen LogP contribution in [0.4, 0.5) is 5.69 Å². The molecule has 1 N–H and O–H groups in total. The fraction of sp³-hybridized carbons (Fsp3) is 0.118. The topological polar surface area (TPSA) is 73.3 Å². The van der Waals surface area contributed by atoms with Gasteiger partial charge in [-0.15, -0.1) is 5.10 Å². The second-order valence-corrected chi connectivity index (χ2v) is 5.64. The van der Waals surface area contributed by atoms with Crippen molar-refractivity contribution in [1.29, 1.82) is 0 Å². The number of nitrogens with one attached hydrogen (secondary N) is 1. The van der Waals surface area contributed by atoms with Crippen molar-refractivity contribution in [2.75, 3.05) is 19.5 Å². The van der Waals surface area contributed by atoms with Gasteiger partial charge in [0, 0.05) is 5.69 Å². The number of hydrogen-bond acceptors (Lipinski definition) is 6. The predicted octanol–water partition coefficient (Wildman–Crippen LogP) is 3.47. The SMILES string of the molecule is COc1cccc(OC)c1C(=O)Nc1ccc(-c2cnns2)cc1. The summed E-state index contributed by atoms with van der Waals surface area (Å²) >= 11 is 1.32. The van der Waals surface area contributed by atoms with Gasteiger partial charge in [0.15, 0.2) is 0 Å². The van der Waals surface area contributed by atoms with E-state index >= 15 is 0 Å². The lowest BCUT2D eigenvalue weighted by Gasteiger charge is -2.13. The number of carbonyl (C=O) groups is 1. The van der Waals surface area contributed by atoms with E-state index in [0.717, 1.165) is 10.4 Å². The lowest BCUT2D eigenvalue weighted by molar-refractivity contribution is 0.102. The number of ether oxygens (including phenoxy) is 2. The van der Waals surface area contributed by atoms with E-state index < -0.39 is 0 Å². The number of hydrogen-bond donors (Lipinski definition) is 1. The largest absolute Gasteiger partial charge is 0.496 e. The molecule has 3 aromatic rings. The van der Waals surface area contributed by atoms with E-state index in [4.69, 9.17) is 9.47 Å². The molecule has 122 valence electrons. The number of benzene rings is 2. The lowest BCUT2D eigenvalue weighted by Crippen LogP contribution is -2.14. The summed E-state index contributed by atoms with van der Waals surface area (Å²) in [4.78, 5) is 13.6. The lowest BCUT2D eigenvalue weighted by atomic mass is 10.1. The smallest absolute Gasteiger partial charge is 0.263 e. The highest BCUT2D eigenvalue weighted by Crippen LogP contribution is 2.29. The van der Waals surface area contributed by atoms with Gasteiger partial charge in [-0.25, -0.2) is 0 Å². The monoisotopic (exact) mass is 341 g/mol. The van der Waals surface area contributed by atoms with Crippen LogP contribution in [0.15, 0.2) is 48.7 Å². The number of rotatable bonds is 5. The van der Waals surface area contributed by atoms with Gasteiger partial charge in [0.05, 0.1) is 25.3 Å². The normalized spacial score (nSPS) is 10.2. The Balaban J connectivity index is 1.83.